The Morgan fingerprint density at radius 1 is 1.56 bits per heavy atom. The largest absolute Gasteiger partial charge is 0.340 e. The zero-order valence-electron chi connectivity index (χ0n) is 9.88. The van der Waals surface area contributed by atoms with E-state index in [2.05, 4.69) is 5.32 Å². The number of nitrogens with zero attached hydrogens (tertiary/aromatic N) is 2. The summed E-state index contributed by atoms with van der Waals surface area (Å²) in [5.41, 5.74) is 1.05. The van der Waals surface area contributed by atoms with Crippen molar-refractivity contribution in [3.05, 3.63) is 22.4 Å². The van der Waals surface area contributed by atoms with Crippen molar-refractivity contribution in [3.63, 3.8) is 0 Å². The molecule has 4 amide bonds. The van der Waals surface area contributed by atoms with Gasteiger partial charge in [-0.2, -0.15) is 11.3 Å². The summed E-state index contributed by atoms with van der Waals surface area (Å²) in [6.07, 6.45) is 0. The molecule has 0 unspecified atom stereocenters. The number of carbonyl (C=O) groups excluding carboxylic acids is 3. The zero-order valence-corrected chi connectivity index (χ0v) is 10.7. The Balaban J connectivity index is 1.88. The van der Waals surface area contributed by atoms with Gasteiger partial charge in [0.25, 0.3) is 0 Å². The van der Waals surface area contributed by atoms with Gasteiger partial charge in [-0.3, -0.25) is 14.9 Å². The third-order valence-corrected chi connectivity index (χ3v) is 3.35. The molecule has 2 rings (SSSR count). The predicted molar refractivity (Wildman–Crippen MR) is 65.9 cm³/mol. The van der Waals surface area contributed by atoms with E-state index in [-0.39, 0.29) is 24.9 Å². The van der Waals surface area contributed by atoms with Crippen molar-refractivity contribution in [3.8, 4) is 0 Å². The number of nitrogens with one attached hydrogen (secondary N) is 1. The van der Waals surface area contributed by atoms with Gasteiger partial charge >= 0.3 is 6.03 Å². The van der Waals surface area contributed by atoms with E-state index in [0.717, 1.165) is 5.56 Å². The second-order valence-corrected chi connectivity index (χ2v) is 4.87. The number of likely N-dealkylation sites (N-methyl/N-ethyl adjacent to an activating group) is 1. The quantitative estimate of drug-likeness (QED) is 0.795. The zero-order chi connectivity index (χ0) is 13.1. The third kappa shape index (κ3) is 2.86. The summed E-state index contributed by atoms with van der Waals surface area (Å²) in [4.78, 5) is 36.9. The van der Waals surface area contributed by atoms with E-state index >= 15 is 0 Å². The number of urea groups is 1. The van der Waals surface area contributed by atoms with Gasteiger partial charge in [0, 0.05) is 13.6 Å². The molecule has 1 aromatic heterocycles. The lowest BCUT2D eigenvalue weighted by Gasteiger charge is -2.20. The van der Waals surface area contributed by atoms with E-state index in [1.165, 1.54) is 9.80 Å². The summed E-state index contributed by atoms with van der Waals surface area (Å²) >= 11 is 1.57. The highest BCUT2D eigenvalue weighted by Gasteiger charge is 2.28. The van der Waals surface area contributed by atoms with E-state index in [9.17, 15) is 14.4 Å². The average Bonchev–Trinajstić information content (AvgIpc) is 2.89. The van der Waals surface area contributed by atoms with Gasteiger partial charge in [0.1, 0.15) is 13.1 Å². The first-order valence-corrected chi connectivity index (χ1v) is 6.34. The first-order chi connectivity index (χ1) is 8.56. The molecule has 18 heavy (non-hydrogen) atoms. The standard InChI is InChI=1S/C11H13N3O3S/c1-13(4-8-2-3-18-7-8)10(16)6-14-5-9(15)12-11(14)17/h2-3,7H,4-6H2,1H3,(H,12,15,17). The monoisotopic (exact) mass is 267 g/mol. The van der Waals surface area contributed by atoms with Crippen LogP contribution >= 0.6 is 11.3 Å². The van der Waals surface area contributed by atoms with Gasteiger partial charge < -0.3 is 9.80 Å². The highest BCUT2D eigenvalue weighted by Crippen LogP contribution is 2.09. The lowest BCUT2D eigenvalue weighted by molar-refractivity contribution is -0.131. The van der Waals surface area contributed by atoms with E-state index < -0.39 is 6.03 Å². The van der Waals surface area contributed by atoms with Crippen LogP contribution in [0.2, 0.25) is 0 Å². The van der Waals surface area contributed by atoms with Crippen molar-refractivity contribution in [2.45, 2.75) is 6.54 Å². The van der Waals surface area contributed by atoms with Crippen molar-refractivity contribution in [2.75, 3.05) is 20.1 Å². The van der Waals surface area contributed by atoms with Gasteiger partial charge in [0.2, 0.25) is 11.8 Å². The van der Waals surface area contributed by atoms with Crippen molar-refractivity contribution in [2.24, 2.45) is 0 Å². The van der Waals surface area contributed by atoms with E-state index in [0.29, 0.717) is 6.54 Å². The average molecular weight is 267 g/mol. The van der Waals surface area contributed by atoms with Crippen LogP contribution in [0.1, 0.15) is 5.56 Å². The summed E-state index contributed by atoms with van der Waals surface area (Å²) in [5.74, 6) is -0.556. The molecule has 0 atom stereocenters. The van der Waals surface area contributed by atoms with Gasteiger partial charge in [-0.1, -0.05) is 0 Å². The summed E-state index contributed by atoms with van der Waals surface area (Å²) < 4.78 is 0. The molecule has 0 aliphatic carbocycles. The van der Waals surface area contributed by atoms with Gasteiger partial charge in [-0.25, -0.2) is 4.79 Å². The smallest absolute Gasteiger partial charge is 0.325 e. The minimum Gasteiger partial charge on any atom is -0.340 e. The first kappa shape index (κ1) is 12.6. The lowest BCUT2D eigenvalue weighted by atomic mass is 10.3. The van der Waals surface area contributed by atoms with Crippen molar-refractivity contribution >= 4 is 29.2 Å². The summed E-state index contributed by atoms with van der Waals surface area (Å²) in [6, 6.07) is 1.44. The van der Waals surface area contributed by atoms with Crippen LogP contribution in [0.4, 0.5) is 4.79 Å². The van der Waals surface area contributed by atoms with Crippen molar-refractivity contribution < 1.29 is 14.4 Å². The first-order valence-electron chi connectivity index (χ1n) is 5.40. The van der Waals surface area contributed by atoms with Crippen LogP contribution in [-0.2, 0) is 16.1 Å². The molecule has 1 aliphatic heterocycles. The van der Waals surface area contributed by atoms with Gasteiger partial charge in [-0.15, -0.1) is 0 Å². The van der Waals surface area contributed by atoms with Crippen LogP contribution in [0.5, 0.6) is 0 Å². The fraction of sp³-hybridized carbons (Fsp3) is 0.364. The van der Waals surface area contributed by atoms with E-state index in [1.54, 1.807) is 18.4 Å². The van der Waals surface area contributed by atoms with Crippen molar-refractivity contribution in [1.82, 2.24) is 15.1 Å². The summed E-state index contributed by atoms with van der Waals surface area (Å²) in [5, 5.41) is 6.05. The number of rotatable bonds is 4. The number of hydrogen-bond donors (Lipinski definition) is 1. The molecule has 0 saturated carbocycles. The Bertz CT molecular complexity index is 472. The van der Waals surface area contributed by atoms with Gasteiger partial charge in [0.05, 0.1) is 0 Å². The number of amides is 4. The number of hydrogen-bond acceptors (Lipinski definition) is 4. The maximum absolute atomic E-state index is 11.9. The molecule has 1 aromatic rings. The number of thiophene rings is 1. The van der Waals surface area contributed by atoms with Crippen LogP contribution in [-0.4, -0.2) is 47.8 Å². The minimum atomic E-state index is -0.503. The Hall–Kier alpha value is -1.89. The Morgan fingerprint density at radius 3 is 2.89 bits per heavy atom. The fourth-order valence-electron chi connectivity index (χ4n) is 1.64. The Kier molecular flexibility index (Phi) is 3.61. The van der Waals surface area contributed by atoms with Gasteiger partial charge in [-0.05, 0) is 22.4 Å². The number of carbonyl (C=O) groups is 3. The molecule has 1 fully saturated rings. The molecule has 6 nitrogen and oxygen atoms in total. The maximum atomic E-state index is 11.9. The van der Waals surface area contributed by atoms with Crippen LogP contribution in [0.25, 0.3) is 0 Å². The lowest BCUT2D eigenvalue weighted by Crippen LogP contribution is -2.39. The molecule has 2 heterocycles. The highest BCUT2D eigenvalue weighted by molar-refractivity contribution is 7.07. The normalized spacial score (nSPS) is 14.8. The molecule has 96 valence electrons. The SMILES string of the molecule is CN(Cc1ccsc1)C(=O)CN1CC(=O)NC1=O. The highest BCUT2D eigenvalue weighted by atomic mass is 32.1. The third-order valence-electron chi connectivity index (χ3n) is 2.62. The molecule has 1 aliphatic rings. The van der Waals surface area contributed by atoms with E-state index in [4.69, 9.17) is 0 Å². The summed E-state index contributed by atoms with van der Waals surface area (Å²) in [6.45, 7) is 0.390. The second-order valence-electron chi connectivity index (χ2n) is 4.09. The Labute approximate surface area is 108 Å². The van der Waals surface area contributed by atoms with Crippen LogP contribution in [0.3, 0.4) is 0 Å². The minimum absolute atomic E-state index is 0.0448. The molecular weight excluding hydrogens is 254 g/mol. The molecule has 1 saturated heterocycles. The topological polar surface area (TPSA) is 69.7 Å². The van der Waals surface area contributed by atoms with E-state index in [1.807, 2.05) is 16.8 Å². The maximum Gasteiger partial charge on any atom is 0.325 e. The van der Waals surface area contributed by atoms with Crippen LogP contribution in [0.15, 0.2) is 16.8 Å². The second kappa shape index (κ2) is 5.18. The van der Waals surface area contributed by atoms with Crippen LogP contribution < -0.4 is 5.32 Å². The molecule has 7 heteroatoms. The molecule has 1 N–H and O–H groups in total. The molecule has 0 aromatic carbocycles. The Morgan fingerprint density at radius 2 is 2.33 bits per heavy atom. The van der Waals surface area contributed by atoms with Gasteiger partial charge in [0.15, 0.2) is 0 Å². The van der Waals surface area contributed by atoms with Crippen LogP contribution in [0, 0.1) is 0 Å². The summed E-state index contributed by atoms with van der Waals surface area (Å²) in [7, 11) is 1.68. The number of imide groups is 1. The van der Waals surface area contributed by atoms with Crippen molar-refractivity contribution in [1.29, 1.82) is 0 Å². The molecule has 0 spiro atoms. The molecule has 0 bridgehead atoms. The predicted octanol–water partition coefficient (Wildman–Crippen LogP) is 0.258. The molecule has 0 radical (unpaired) electrons. The molecular formula is C11H13N3O3S. The fourth-order valence-corrected chi connectivity index (χ4v) is 2.30.